The summed E-state index contributed by atoms with van der Waals surface area (Å²) in [6.07, 6.45) is 6.49. The Morgan fingerprint density at radius 1 is 1.30 bits per heavy atom. The maximum atomic E-state index is 5.85. The minimum atomic E-state index is 0.467. The van der Waals surface area contributed by atoms with Gasteiger partial charge in [0.25, 0.3) is 0 Å². The molecule has 0 aliphatic heterocycles. The Hall–Kier alpha value is -1.55. The van der Waals surface area contributed by atoms with Gasteiger partial charge in [-0.1, -0.05) is 30.5 Å². The van der Waals surface area contributed by atoms with Gasteiger partial charge in [-0.05, 0) is 38.3 Å². The van der Waals surface area contributed by atoms with Gasteiger partial charge >= 0.3 is 0 Å². The third-order valence-corrected chi connectivity index (χ3v) is 3.56. The second-order valence-corrected chi connectivity index (χ2v) is 5.39. The van der Waals surface area contributed by atoms with Crippen LogP contribution in [0.5, 0.6) is 0 Å². The van der Waals surface area contributed by atoms with Crippen molar-refractivity contribution in [2.24, 2.45) is 10.7 Å². The van der Waals surface area contributed by atoms with Gasteiger partial charge in [0.2, 0.25) is 0 Å². The molecule has 1 aromatic rings. The number of aliphatic imine (C=N–C) groups is 1. The Labute approximate surface area is 121 Å². The third kappa shape index (κ3) is 5.21. The number of nitrogens with zero attached hydrogens (tertiary/aromatic N) is 1. The lowest BCUT2D eigenvalue weighted by atomic mass is 10.2. The van der Waals surface area contributed by atoms with E-state index in [0.717, 1.165) is 18.7 Å². The van der Waals surface area contributed by atoms with Crippen molar-refractivity contribution in [3.63, 3.8) is 0 Å². The van der Waals surface area contributed by atoms with E-state index < -0.39 is 0 Å². The first kappa shape index (κ1) is 14.9. The summed E-state index contributed by atoms with van der Waals surface area (Å²) in [6.45, 7) is 3.55. The average Bonchev–Trinajstić information content (AvgIpc) is 2.94. The minimum Gasteiger partial charge on any atom is -0.378 e. The van der Waals surface area contributed by atoms with Gasteiger partial charge in [0.05, 0.1) is 6.10 Å². The summed E-state index contributed by atoms with van der Waals surface area (Å²) in [5.74, 6) is 0.467. The number of guanidine groups is 1. The molecule has 3 N–H and O–H groups in total. The molecule has 0 saturated heterocycles. The summed E-state index contributed by atoms with van der Waals surface area (Å²) in [5.41, 5.74) is 8.05. The SMILES string of the molecule is Cc1ccc(NC(N)=NCCCOC2CCCC2)cc1. The van der Waals surface area contributed by atoms with E-state index in [1.807, 2.05) is 24.3 Å². The van der Waals surface area contributed by atoms with Gasteiger partial charge in [0.15, 0.2) is 5.96 Å². The number of rotatable bonds is 6. The average molecular weight is 275 g/mol. The summed E-state index contributed by atoms with van der Waals surface area (Å²) in [5, 5.41) is 3.09. The molecule has 20 heavy (non-hydrogen) atoms. The van der Waals surface area contributed by atoms with Crippen LogP contribution in [0.2, 0.25) is 0 Å². The predicted molar refractivity (Wildman–Crippen MR) is 84.1 cm³/mol. The highest BCUT2D eigenvalue weighted by Crippen LogP contribution is 2.20. The van der Waals surface area contributed by atoms with Crippen LogP contribution in [-0.2, 0) is 4.74 Å². The van der Waals surface area contributed by atoms with E-state index in [1.165, 1.54) is 31.2 Å². The standard InChI is InChI=1S/C16H25N3O/c1-13-7-9-14(10-8-13)19-16(17)18-11-4-12-20-15-5-2-3-6-15/h7-10,15H,2-6,11-12H2,1H3,(H3,17,18,19). The van der Waals surface area contributed by atoms with Crippen molar-refractivity contribution < 1.29 is 4.74 Å². The van der Waals surface area contributed by atoms with E-state index in [0.29, 0.717) is 18.6 Å². The summed E-state index contributed by atoms with van der Waals surface area (Å²) in [6, 6.07) is 8.10. The van der Waals surface area contributed by atoms with Crippen LogP contribution in [0.4, 0.5) is 5.69 Å². The molecule has 110 valence electrons. The topological polar surface area (TPSA) is 59.6 Å². The van der Waals surface area contributed by atoms with Crippen molar-refractivity contribution >= 4 is 11.6 Å². The van der Waals surface area contributed by atoms with Gasteiger partial charge in [-0.3, -0.25) is 4.99 Å². The summed E-state index contributed by atoms with van der Waals surface area (Å²) >= 11 is 0. The highest BCUT2D eigenvalue weighted by molar-refractivity contribution is 5.92. The minimum absolute atomic E-state index is 0.467. The molecule has 1 saturated carbocycles. The molecule has 1 aromatic carbocycles. The van der Waals surface area contributed by atoms with Crippen molar-refractivity contribution in [3.05, 3.63) is 29.8 Å². The number of hydrogen-bond acceptors (Lipinski definition) is 2. The molecule has 0 spiro atoms. The molecule has 0 heterocycles. The zero-order valence-electron chi connectivity index (χ0n) is 12.3. The van der Waals surface area contributed by atoms with Gasteiger partial charge in [0.1, 0.15) is 0 Å². The molecule has 1 aliphatic rings. The normalized spacial score (nSPS) is 16.6. The second kappa shape index (κ2) is 7.90. The van der Waals surface area contributed by atoms with E-state index in [2.05, 4.69) is 17.2 Å². The Morgan fingerprint density at radius 2 is 2.00 bits per heavy atom. The van der Waals surface area contributed by atoms with Crippen molar-refractivity contribution in [1.29, 1.82) is 0 Å². The fourth-order valence-electron chi connectivity index (χ4n) is 2.39. The first-order chi connectivity index (χ1) is 9.74. The molecule has 0 atom stereocenters. The van der Waals surface area contributed by atoms with Crippen molar-refractivity contribution in [2.45, 2.75) is 45.1 Å². The molecular formula is C16H25N3O. The lowest BCUT2D eigenvalue weighted by Gasteiger charge is -2.10. The molecule has 1 aliphatic carbocycles. The van der Waals surface area contributed by atoms with Crippen LogP contribution in [0, 0.1) is 6.92 Å². The molecule has 0 bridgehead atoms. The Kier molecular flexibility index (Phi) is 5.87. The number of benzene rings is 1. The maximum absolute atomic E-state index is 5.85. The maximum Gasteiger partial charge on any atom is 0.193 e. The van der Waals surface area contributed by atoms with Gasteiger partial charge in [-0.2, -0.15) is 0 Å². The van der Waals surface area contributed by atoms with Crippen LogP contribution in [-0.4, -0.2) is 25.2 Å². The highest BCUT2D eigenvalue weighted by atomic mass is 16.5. The highest BCUT2D eigenvalue weighted by Gasteiger charge is 2.14. The fraction of sp³-hybridized carbons (Fsp3) is 0.562. The quantitative estimate of drug-likeness (QED) is 0.476. The van der Waals surface area contributed by atoms with E-state index in [1.54, 1.807) is 0 Å². The van der Waals surface area contributed by atoms with Crippen LogP contribution in [0.15, 0.2) is 29.3 Å². The third-order valence-electron chi connectivity index (χ3n) is 3.56. The lowest BCUT2D eigenvalue weighted by Crippen LogP contribution is -2.23. The van der Waals surface area contributed by atoms with Gasteiger partial charge in [0, 0.05) is 18.8 Å². The Balaban J connectivity index is 1.62. The van der Waals surface area contributed by atoms with E-state index in [9.17, 15) is 0 Å². The van der Waals surface area contributed by atoms with Gasteiger partial charge in [-0.25, -0.2) is 0 Å². The van der Waals surface area contributed by atoms with Crippen molar-refractivity contribution in [1.82, 2.24) is 0 Å². The molecule has 1 fully saturated rings. The van der Waals surface area contributed by atoms with E-state index in [4.69, 9.17) is 10.5 Å². The Morgan fingerprint density at radius 3 is 2.70 bits per heavy atom. The second-order valence-electron chi connectivity index (χ2n) is 5.39. The molecule has 0 aromatic heterocycles. The molecule has 4 heteroatoms. The molecule has 0 amide bonds. The fourth-order valence-corrected chi connectivity index (χ4v) is 2.39. The zero-order valence-corrected chi connectivity index (χ0v) is 12.3. The summed E-state index contributed by atoms with van der Waals surface area (Å²) in [7, 11) is 0. The molecule has 4 nitrogen and oxygen atoms in total. The lowest BCUT2D eigenvalue weighted by molar-refractivity contribution is 0.0579. The first-order valence-corrected chi connectivity index (χ1v) is 7.49. The molecule has 0 unspecified atom stereocenters. The summed E-state index contributed by atoms with van der Waals surface area (Å²) in [4.78, 5) is 4.31. The summed E-state index contributed by atoms with van der Waals surface area (Å²) < 4.78 is 5.79. The number of hydrogen-bond donors (Lipinski definition) is 2. The van der Waals surface area contributed by atoms with Gasteiger partial charge in [-0.15, -0.1) is 0 Å². The van der Waals surface area contributed by atoms with Crippen LogP contribution < -0.4 is 11.1 Å². The van der Waals surface area contributed by atoms with Crippen LogP contribution >= 0.6 is 0 Å². The van der Waals surface area contributed by atoms with E-state index >= 15 is 0 Å². The van der Waals surface area contributed by atoms with Crippen LogP contribution in [0.1, 0.15) is 37.7 Å². The predicted octanol–water partition coefficient (Wildman–Crippen LogP) is 3.07. The zero-order chi connectivity index (χ0) is 14.2. The van der Waals surface area contributed by atoms with Crippen molar-refractivity contribution in [3.8, 4) is 0 Å². The number of nitrogens with one attached hydrogen (secondary N) is 1. The number of aryl methyl sites for hydroxylation is 1. The Bertz CT molecular complexity index is 422. The largest absolute Gasteiger partial charge is 0.378 e. The number of nitrogens with two attached hydrogens (primary N) is 1. The smallest absolute Gasteiger partial charge is 0.193 e. The van der Waals surface area contributed by atoms with Crippen LogP contribution in [0.25, 0.3) is 0 Å². The molecule has 0 radical (unpaired) electrons. The molecular weight excluding hydrogens is 250 g/mol. The van der Waals surface area contributed by atoms with E-state index in [-0.39, 0.29) is 0 Å². The monoisotopic (exact) mass is 275 g/mol. The first-order valence-electron chi connectivity index (χ1n) is 7.49. The van der Waals surface area contributed by atoms with Crippen molar-refractivity contribution in [2.75, 3.05) is 18.5 Å². The van der Waals surface area contributed by atoms with Gasteiger partial charge < -0.3 is 15.8 Å². The number of anilines is 1. The molecule has 2 rings (SSSR count). The number of ether oxygens (including phenoxy) is 1. The van der Waals surface area contributed by atoms with Crippen LogP contribution in [0.3, 0.4) is 0 Å².